The van der Waals surface area contributed by atoms with Crippen molar-refractivity contribution in [2.75, 3.05) is 26.1 Å². The van der Waals surface area contributed by atoms with Crippen molar-refractivity contribution in [3.63, 3.8) is 0 Å². The second-order valence-corrected chi connectivity index (χ2v) is 10.2. The summed E-state index contributed by atoms with van der Waals surface area (Å²) in [5.41, 5.74) is 1.64. The minimum Gasteiger partial charge on any atom is -0.493 e. The second-order valence-electron chi connectivity index (χ2n) is 7.31. The van der Waals surface area contributed by atoms with Crippen LogP contribution in [0.5, 0.6) is 11.5 Å². The van der Waals surface area contributed by atoms with Gasteiger partial charge in [-0.2, -0.15) is 0 Å². The van der Waals surface area contributed by atoms with Crippen LogP contribution in [0.3, 0.4) is 0 Å². The number of halogens is 1. The molecule has 0 radical (unpaired) electrons. The van der Waals surface area contributed by atoms with Crippen molar-refractivity contribution in [2.24, 2.45) is 0 Å². The predicted molar refractivity (Wildman–Crippen MR) is 146 cm³/mol. The number of hydrogen-bond donors (Lipinski definition) is 1. The molecule has 1 saturated heterocycles. The van der Waals surface area contributed by atoms with Gasteiger partial charge in [-0.15, -0.1) is 0 Å². The van der Waals surface area contributed by atoms with Crippen molar-refractivity contribution in [1.29, 1.82) is 0 Å². The van der Waals surface area contributed by atoms with E-state index in [1.165, 1.54) is 11.8 Å². The van der Waals surface area contributed by atoms with Gasteiger partial charge in [0.25, 0.3) is 5.91 Å². The number of amides is 2. The van der Waals surface area contributed by atoms with E-state index in [0.29, 0.717) is 33.7 Å². The van der Waals surface area contributed by atoms with Crippen molar-refractivity contribution in [1.82, 2.24) is 4.90 Å². The Balaban J connectivity index is 1.46. The number of thioether (sulfide) groups is 1. The first-order chi connectivity index (χ1) is 15.9. The molecule has 0 saturated carbocycles. The van der Waals surface area contributed by atoms with Crippen LogP contribution in [0.1, 0.15) is 31.2 Å². The van der Waals surface area contributed by atoms with Gasteiger partial charge in [-0.1, -0.05) is 36.5 Å². The molecule has 0 spiro atoms. The zero-order valence-electron chi connectivity index (χ0n) is 18.4. The predicted octanol–water partition coefficient (Wildman–Crippen LogP) is 5.71. The van der Waals surface area contributed by atoms with E-state index in [9.17, 15) is 9.59 Å². The molecule has 33 heavy (non-hydrogen) atoms. The maximum atomic E-state index is 12.8. The fourth-order valence-electron chi connectivity index (χ4n) is 3.28. The maximum Gasteiger partial charge on any atom is 0.266 e. The van der Waals surface area contributed by atoms with Crippen LogP contribution in [-0.4, -0.2) is 41.8 Å². The first kappa shape index (κ1) is 25.5. The van der Waals surface area contributed by atoms with E-state index in [2.05, 4.69) is 27.9 Å². The van der Waals surface area contributed by atoms with Crippen LogP contribution in [0.15, 0.2) is 47.4 Å². The molecule has 0 unspecified atom stereocenters. The molecule has 2 amide bonds. The lowest BCUT2D eigenvalue weighted by molar-refractivity contribution is -0.122. The fourth-order valence-corrected chi connectivity index (χ4v) is 4.94. The van der Waals surface area contributed by atoms with Gasteiger partial charge < -0.3 is 14.8 Å². The number of rotatable bonds is 10. The number of benzene rings is 2. The third-order valence-corrected chi connectivity index (χ3v) is 7.09. The molecule has 9 heteroatoms. The Labute approximate surface area is 217 Å². The van der Waals surface area contributed by atoms with Gasteiger partial charge in [0.15, 0.2) is 11.5 Å². The van der Waals surface area contributed by atoms with Gasteiger partial charge in [-0.05, 0) is 83.5 Å². The van der Waals surface area contributed by atoms with Gasteiger partial charge in [0, 0.05) is 22.2 Å². The minimum absolute atomic E-state index is 0.000303. The lowest BCUT2D eigenvalue weighted by atomic mass is 10.1. The Kier molecular flexibility index (Phi) is 9.57. The molecule has 0 aliphatic carbocycles. The summed E-state index contributed by atoms with van der Waals surface area (Å²) in [5, 5.41) is 2.90. The van der Waals surface area contributed by atoms with Crippen LogP contribution in [0.2, 0.25) is 0 Å². The van der Waals surface area contributed by atoms with E-state index < -0.39 is 0 Å². The van der Waals surface area contributed by atoms with Crippen LogP contribution < -0.4 is 14.8 Å². The van der Waals surface area contributed by atoms with Crippen molar-refractivity contribution in [3.8, 4) is 11.5 Å². The summed E-state index contributed by atoms with van der Waals surface area (Å²) < 4.78 is 12.3. The average Bonchev–Trinajstić information content (AvgIpc) is 3.07. The highest BCUT2D eigenvalue weighted by atomic mass is 127. The maximum absolute atomic E-state index is 12.8. The molecule has 0 atom stereocenters. The first-order valence-electron chi connectivity index (χ1n) is 10.4. The fraction of sp³-hybridized carbons (Fsp3) is 0.292. The number of carbonyl (C=O) groups is 2. The van der Waals surface area contributed by atoms with E-state index in [1.807, 2.05) is 42.5 Å². The summed E-state index contributed by atoms with van der Waals surface area (Å²) in [6, 6.07) is 13.2. The van der Waals surface area contributed by atoms with Crippen molar-refractivity contribution >= 4 is 74.5 Å². The molecular formula is C24H25IN2O4S2. The Morgan fingerprint density at radius 1 is 1.09 bits per heavy atom. The van der Waals surface area contributed by atoms with E-state index in [4.69, 9.17) is 21.7 Å². The quantitative estimate of drug-likeness (QED) is 0.164. The number of methoxy groups -OCH3 is 2. The number of hydrogen-bond acceptors (Lipinski definition) is 6. The third-order valence-electron chi connectivity index (χ3n) is 4.99. The zero-order valence-corrected chi connectivity index (χ0v) is 22.2. The van der Waals surface area contributed by atoms with Crippen LogP contribution in [-0.2, 0) is 9.59 Å². The standard InChI is InChI=1S/C24H25IN2O4S2/c1-30-19-12-7-16(14-20(19)31-2)15-21-23(29)27(24(32)33-21)13-5-3-4-6-22(28)26-18-10-8-17(25)9-11-18/h7-12,14-15H,3-6,13H2,1-2H3,(H,26,28). The lowest BCUT2D eigenvalue weighted by Gasteiger charge is -2.14. The van der Waals surface area contributed by atoms with Crippen molar-refractivity contribution in [3.05, 3.63) is 56.5 Å². The van der Waals surface area contributed by atoms with Gasteiger partial charge in [-0.3, -0.25) is 14.5 Å². The van der Waals surface area contributed by atoms with E-state index in [1.54, 1.807) is 25.2 Å². The smallest absolute Gasteiger partial charge is 0.266 e. The average molecular weight is 597 g/mol. The van der Waals surface area contributed by atoms with E-state index >= 15 is 0 Å². The summed E-state index contributed by atoms with van der Waals surface area (Å²) in [6.07, 6.45) is 4.64. The van der Waals surface area contributed by atoms with E-state index in [0.717, 1.165) is 34.1 Å². The largest absolute Gasteiger partial charge is 0.493 e. The van der Waals surface area contributed by atoms with E-state index in [-0.39, 0.29) is 11.8 Å². The Morgan fingerprint density at radius 3 is 2.52 bits per heavy atom. The highest BCUT2D eigenvalue weighted by molar-refractivity contribution is 14.1. The molecule has 1 aliphatic rings. The number of carbonyl (C=O) groups excluding carboxylic acids is 2. The van der Waals surface area contributed by atoms with Crippen molar-refractivity contribution in [2.45, 2.75) is 25.7 Å². The molecule has 1 heterocycles. The number of ether oxygens (including phenoxy) is 2. The van der Waals surface area contributed by atoms with Gasteiger partial charge in [-0.25, -0.2) is 0 Å². The Hall–Kier alpha value is -2.11. The van der Waals surface area contributed by atoms with Gasteiger partial charge in [0.2, 0.25) is 5.91 Å². The molecule has 3 rings (SSSR count). The summed E-state index contributed by atoms with van der Waals surface area (Å²) in [7, 11) is 3.16. The van der Waals surface area contributed by atoms with Gasteiger partial charge in [0.1, 0.15) is 4.32 Å². The monoisotopic (exact) mass is 596 g/mol. The third kappa shape index (κ3) is 7.18. The number of nitrogens with one attached hydrogen (secondary N) is 1. The number of unbranched alkanes of at least 4 members (excludes halogenated alkanes) is 2. The molecule has 2 aromatic carbocycles. The zero-order chi connectivity index (χ0) is 23.8. The Morgan fingerprint density at radius 2 is 1.82 bits per heavy atom. The SMILES string of the molecule is COc1ccc(C=C2SC(=S)N(CCCCCC(=O)Nc3ccc(I)cc3)C2=O)cc1OC. The van der Waals surface area contributed by atoms with Gasteiger partial charge in [0.05, 0.1) is 19.1 Å². The highest BCUT2D eigenvalue weighted by Gasteiger charge is 2.31. The molecular weight excluding hydrogens is 571 g/mol. The first-order valence-corrected chi connectivity index (χ1v) is 12.7. The Bertz CT molecular complexity index is 1060. The minimum atomic E-state index is -0.0868. The van der Waals surface area contributed by atoms with Crippen LogP contribution in [0.4, 0.5) is 5.69 Å². The summed E-state index contributed by atoms with van der Waals surface area (Å²) in [4.78, 5) is 27.1. The topological polar surface area (TPSA) is 67.9 Å². The summed E-state index contributed by atoms with van der Waals surface area (Å²) >= 11 is 8.95. The molecule has 0 bridgehead atoms. The lowest BCUT2D eigenvalue weighted by Crippen LogP contribution is -2.29. The number of thiocarbonyl (C=S) groups is 1. The molecule has 174 valence electrons. The summed E-state index contributed by atoms with van der Waals surface area (Å²) in [6.45, 7) is 0.548. The summed E-state index contributed by atoms with van der Waals surface area (Å²) in [5.74, 6) is 1.15. The van der Waals surface area contributed by atoms with Crippen LogP contribution >= 0.6 is 46.6 Å². The van der Waals surface area contributed by atoms with Crippen molar-refractivity contribution < 1.29 is 19.1 Å². The molecule has 1 fully saturated rings. The van der Waals surface area contributed by atoms with Gasteiger partial charge >= 0.3 is 0 Å². The molecule has 1 N–H and O–H groups in total. The number of nitrogens with zero attached hydrogens (tertiary/aromatic N) is 1. The van der Waals surface area contributed by atoms with Crippen LogP contribution in [0, 0.1) is 3.57 Å². The molecule has 1 aliphatic heterocycles. The second kappa shape index (κ2) is 12.4. The normalized spacial score (nSPS) is 14.6. The highest BCUT2D eigenvalue weighted by Crippen LogP contribution is 2.34. The van der Waals surface area contributed by atoms with Crippen LogP contribution in [0.25, 0.3) is 6.08 Å². The number of anilines is 1. The molecule has 0 aromatic heterocycles. The molecule has 2 aromatic rings. The molecule has 6 nitrogen and oxygen atoms in total.